The quantitative estimate of drug-likeness (QED) is 0.170. The minimum absolute atomic E-state index is 0.370. The predicted molar refractivity (Wildman–Crippen MR) is 129 cm³/mol. The standard InChI is InChI=1S/C26H50OS/c1-3-4-5-6-7-8-9-10-11-12-13-14-15-18-21-28-23-25(22-27)26-20-17-16-19-24(26)2/h16-17,24-27H,3-15,18-23H2,1-2H3. The van der Waals surface area contributed by atoms with Gasteiger partial charge in [0.15, 0.2) is 0 Å². The van der Waals surface area contributed by atoms with Crippen LogP contribution in [0, 0.1) is 17.8 Å². The Hall–Kier alpha value is 0.0500. The van der Waals surface area contributed by atoms with Gasteiger partial charge in [0, 0.05) is 6.61 Å². The van der Waals surface area contributed by atoms with E-state index in [1.165, 1.54) is 108 Å². The van der Waals surface area contributed by atoms with Crippen LogP contribution >= 0.6 is 11.8 Å². The van der Waals surface area contributed by atoms with Crippen molar-refractivity contribution in [3.05, 3.63) is 12.2 Å². The van der Waals surface area contributed by atoms with E-state index >= 15 is 0 Å². The minimum Gasteiger partial charge on any atom is -0.396 e. The van der Waals surface area contributed by atoms with Crippen LogP contribution in [0.25, 0.3) is 0 Å². The summed E-state index contributed by atoms with van der Waals surface area (Å²) in [5.74, 6) is 4.36. The molecule has 0 bridgehead atoms. The molecule has 0 aromatic rings. The van der Waals surface area contributed by atoms with Gasteiger partial charge in [-0.3, -0.25) is 0 Å². The fraction of sp³-hybridized carbons (Fsp3) is 0.923. The van der Waals surface area contributed by atoms with Crippen LogP contribution in [-0.2, 0) is 0 Å². The SMILES string of the molecule is CCCCCCCCCCCCCCCCSCC(CO)C1CC=CCC1C. The third-order valence-corrected chi connectivity index (χ3v) is 7.87. The molecule has 1 aliphatic rings. The Bertz CT molecular complexity index is 354. The highest BCUT2D eigenvalue weighted by Gasteiger charge is 2.26. The number of hydrogen-bond acceptors (Lipinski definition) is 2. The molecule has 0 aromatic heterocycles. The number of thioether (sulfide) groups is 1. The first-order chi connectivity index (χ1) is 13.8. The van der Waals surface area contributed by atoms with Gasteiger partial charge in [-0.2, -0.15) is 11.8 Å². The Balaban J connectivity index is 1.83. The monoisotopic (exact) mass is 410 g/mol. The molecule has 28 heavy (non-hydrogen) atoms. The third-order valence-electron chi connectivity index (χ3n) is 6.63. The summed E-state index contributed by atoms with van der Waals surface area (Å²) in [6, 6.07) is 0. The number of aliphatic hydroxyl groups excluding tert-OH is 1. The highest BCUT2D eigenvalue weighted by molar-refractivity contribution is 7.99. The van der Waals surface area contributed by atoms with Crippen molar-refractivity contribution in [2.75, 3.05) is 18.1 Å². The van der Waals surface area contributed by atoms with Gasteiger partial charge in [0.05, 0.1) is 0 Å². The first-order valence-corrected chi connectivity index (χ1v) is 13.8. The summed E-state index contributed by atoms with van der Waals surface area (Å²) in [6.07, 6.45) is 27.1. The van der Waals surface area contributed by atoms with Crippen LogP contribution in [0.4, 0.5) is 0 Å². The van der Waals surface area contributed by atoms with E-state index in [9.17, 15) is 5.11 Å². The molecule has 0 fully saturated rings. The maximum Gasteiger partial charge on any atom is 0.0470 e. The number of aliphatic hydroxyl groups is 1. The molecule has 0 spiro atoms. The Morgan fingerprint density at radius 2 is 1.29 bits per heavy atom. The van der Waals surface area contributed by atoms with Gasteiger partial charge in [0.2, 0.25) is 0 Å². The van der Waals surface area contributed by atoms with Gasteiger partial charge in [0.25, 0.3) is 0 Å². The molecule has 1 N–H and O–H groups in total. The van der Waals surface area contributed by atoms with E-state index in [4.69, 9.17) is 0 Å². The van der Waals surface area contributed by atoms with Gasteiger partial charge in [-0.1, -0.05) is 109 Å². The van der Waals surface area contributed by atoms with Gasteiger partial charge in [-0.15, -0.1) is 0 Å². The van der Waals surface area contributed by atoms with E-state index in [-0.39, 0.29) is 0 Å². The van der Waals surface area contributed by atoms with Crippen molar-refractivity contribution in [1.82, 2.24) is 0 Å². The maximum atomic E-state index is 9.78. The molecule has 2 heteroatoms. The zero-order valence-electron chi connectivity index (χ0n) is 19.2. The summed E-state index contributed by atoms with van der Waals surface area (Å²) in [6.45, 7) is 5.02. The molecular weight excluding hydrogens is 360 g/mol. The van der Waals surface area contributed by atoms with Crippen molar-refractivity contribution in [2.24, 2.45) is 17.8 Å². The number of rotatable bonds is 19. The molecule has 0 aliphatic heterocycles. The maximum absolute atomic E-state index is 9.78. The molecule has 3 unspecified atom stereocenters. The lowest BCUT2D eigenvalue weighted by Crippen LogP contribution is -2.27. The number of allylic oxidation sites excluding steroid dienone is 2. The van der Waals surface area contributed by atoms with Crippen LogP contribution in [0.15, 0.2) is 12.2 Å². The first kappa shape index (κ1) is 26.1. The zero-order chi connectivity index (χ0) is 20.3. The summed E-state index contributed by atoms with van der Waals surface area (Å²) in [7, 11) is 0. The van der Waals surface area contributed by atoms with Crippen molar-refractivity contribution in [2.45, 2.75) is 117 Å². The van der Waals surface area contributed by atoms with Gasteiger partial charge in [-0.05, 0) is 48.5 Å². The Kier molecular flexibility index (Phi) is 17.7. The summed E-state index contributed by atoms with van der Waals surface area (Å²) in [5, 5.41) is 9.78. The molecule has 0 saturated heterocycles. The second kappa shape index (κ2) is 19.0. The average molecular weight is 411 g/mol. The van der Waals surface area contributed by atoms with Crippen molar-refractivity contribution in [3.63, 3.8) is 0 Å². The fourth-order valence-corrected chi connectivity index (χ4v) is 5.80. The van der Waals surface area contributed by atoms with Crippen molar-refractivity contribution < 1.29 is 5.11 Å². The van der Waals surface area contributed by atoms with Crippen molar-refractivity contribution >= 4 is 11.8 Å². The highest BCUT2D eigenvalue weighted by atomic mass is 32.2. The molecule has 0 amide bonds. The van der Waals surface area contributed by atoms with Gasteiger partial charge >= 0.3 is 0 Å². The predicted octanol–water partition coefficient (Wildman–Crippen LogP) is 8.41. The average Bonchev–Trinajstić information content (AvgIpc) is 2.71. The second-order valence-electron chi connectivity index (χ2n) is 9.20. The molecule has 0 radical (unpaired) electrons. The summed E-state index contributed by atoms with van der Waals surface area (Å²) >= 11 is 2.08. The lowest BCUT2D eigenvalue weighted by molar-refractivity contribution is 0.154. The summed E-state index contributed by atoms with van der Waals surface area (Å²) < 4.78 is 0. The lowest BCUT2D eigenvalue weighted by atomic mass is 9.77. The van der Waals surface area contributed by atoms with Crippen LogP contribution in [0.1, 0.15) is 117 Å². The third kappa shape index (κ3) is 13.3. The van der Waals surface area contributed by atoms with Crippen LogP contribution in [0.5, 0.6) is 0 Å². The largest absolute Gasteiger partial charge is 0.396 e. The van der Waals surface area contributed by atoms with Gasteiger partial charge < -0.3 is 5.11 Å². The normalized spacial score (nSPS) is 20.5. The number of hydrogen-bond donors (Lipinski definition) is 1. The van der Waals surface area contributed by atoms with Gasteiger partial charge in [-0.25, -0.2) is 0 Å². The van der Waals surface area contributed by atoms with Crippen LogP contribution < -0.4 is 0 Å². The lowest BCUT2D eigenvalue weighted by Gasteiger charge is -2.31. The van der Waals surface area contributed by atoms with E-state index in [0.29, 0.717) is 18.4 Å². The van der Waals surface area contributed by atoms with Crippen molar-refractivity contribution in [1.29, 1.82) is 0 Å². The molecule has 1 aliphatic carbocycles. The zero-order valence-corrected chi connectivity index (χ0v) is 20.0. The van der Waals surface area contributed by atoms with Gasteiger partial charge in [0.1, 0.15) is 0 Å². The smallest absolute Gasteiger partial charge is 0.0470 e. The Morgan fingerprint density at radius 1 is 0.786 bits per heavy atom. The van der Waals surface area contributed by atoms with Crippen LogP contribution in [0.2, 0.25) is 0 Å². The minimum atomic E-state index is 0.370. The fourth-order valence-electron chi connectivity index (χ4n) is 4.57. The van der Waals surface area contributed by atoms with Crippen molar-refractivity contribution in [3.8, 4) is 0 Å². The van der Waals surface area contributed by atoms with E-state index in [0.717, 1.165) is 11.7 Å². The molecule has 1 rings (SSSR count). The molecule has 1 nitrogen and oxygen atoms in total. The highest BCUT2D eigenvalue weighted by Crippen LogP contribution is 2.33. The van der Waals surface area contributed by atoms with E-state index < -0.39 is 0 Å². The molecule has 0 saturated carbocycles. The number of unbranched alkanes of at least 4 members (excludes halogenated alkanes) is 13. The summed E-state index contributed by atoms with van der Waals surface area (Å²) in [5.41, 5.74) is 0. The van der Waals surface area contributed by atoms with E-state index in [1.807, 2.05) is 0 Å². The molecular formula is C26H50OS. The molecule has 166 valence electrons. The topological polar surface area (TPSA) is 20.2 Å². The molecule has 0 heterocycles. The first-order valence-electron chi connectivity index (χ1n) is 12.6. The Labute approximate surface area is 181 Å². The molecule has 3 atom stereocenters. The van der Waals surface area contributed by atoms with Crippen LogP contribution in [-0.4, -0.2) is 23.2 Å². The second-order valence-corrected chi connectivity index (χ2v) is 10.3. The van der Waals surface area contributed by atoms with E-state index in [1.54, 1.807) is 0 Å². The molecule has 0 aromatic carbocycles. The van der Waals surface area contributed by atoms with E-state index in [2.05, 4.69) is 37.8 Å². The van der Waals surface area contributed by atoms with Crippen LogP contribution in [0.3, 0.4) is 0 Å². The summed E-state index contributed by atoms with van der Waals surface area (Å²) in [4.78, 5) is 0. The Morgan fingerprint density at radius 3 is 1.79 bits per heavy atom.